The SMILES string of the molecule is CC(=O)Nc1[nH]nc(C)c1[N+](=O)[O-]. The molecule has 0 saturated carbocycles. The molecule has 1 aromatic heterocycles. The van der Waals surface area contributed by atoms with Crippen LogP contribution in [0.3, 0.4) is 0 Å². The van der Waals surface area contributed by atoms with Crippen molar-refractivity contribution in [1.29, 1.82) is 0 Å². The quantitative estimate of drug-likeness (QED) is 0.518. The number of aromatic amines is 1. The maximum atomic E-state index is 10.6. The van der Waals surface area contributed by atoms with Gasteiger partial charge in [0, 0.05) is 6.92 Å². The van der Waals surface area contributed by atoms with E-state index in [0.29, 0.717) is 0 Å². The monoisotopic (exact) mass is 184 g/mol. The second kappa shape index (κ2) is 3.21. The van der Waals surface area contributed by atoms with E-state index in [1.54, 1.807) is 0 Å². The number of carbonyl (C=O) groups is 1. The summed E-state index contributed by atoms with van der Waals surface area (Å²) in [6, 6.07) is 0. The normalized spacial score (nSPS) is 9.69. The molecule has 7 nitrogen and oxygen atoms in total. The highest BCUT2D eigenvalue weighted by atomic mass is 16.6. The Labute approximate surface area is 73.3 Å². The van der Waals surface area contributed by atoms with Gasteiger partial charge in [-0.3, -0.25) is 20.0 Å². The maximum Gasteiger partial charge on any atom is 0.333 e. The molecule has 1 aromatic rings. The van der Waals surface area contributed by atoms with Gasteiger partial charge in [0.25, 0.3) is 0 Å². The van der Waals surface area contributed by atoms with E-state index in [2.05, 4.69) is 15.5 Å². The van der Waals surface area contributed by atoms with Gasteiger partial charge < -0.3 is 5.32 Å². The average molecular weight is 184 g/mol. The number of nitrogens with one attached hydrogen (secondary N) is 2. The molecule has 0 bridgehead atoms. The molecule has 2 N–H and O–H groups in total. The van der Waals surface area contributed by atoms with Crippen LogP contribution < -0.4 is 5.32 Å². The molecular weight excluding hydrogens is 176 g/mol. The number of nitrogens with zero attached hydrogens (tertiary/aromatic N) is 2. The van der Waals surface area contributed by atoms with Gasteiger partial charge in [-0.15, -0.1) is 0 Å². The summed E-state index contributed by atoms with van der Waals surface area (Å²) in [7, 11) is 0. The van der Waals surface area contributed by atoms with Crippen molar-refractivity contribution in [3.63, 3.8) is 0 Å². The molecule has 0 spiro atoms. The largest absolute Gasteiger partial charge is 0.333 e. The third kappa shape index (κ3) is 1.81. The number of anilines is 1. The molecule has 0 saturated heterocycles. The highest BCUT2D eigenvalue weighted by molar-refractivity contribution is 5.90. The van der Waals surface area contributed by atoms with Gasteiger partial charge in [-0.1, -0.05) is 0 Å². The van der Waals surface area contributed by atoms with E-state index in [1.807, 2.05) is 0 Å². The van der Waals surface area contributed by atoms with Gasteiger partial charge >= 0.3 is 5.69 Å². The Bertz CT molecular complexity index is 357. The first kappa shape index (κ1) is 9.17. The van der Waals surface area contributed by atoms with E-state index in [1.165, 1.54) is 13.8 Å². The van der Waals surface area contributed by atoms with Crippen LogP contribution in [0.5, 0.6) is 0 Å². The van der Waals surface area contributed by atoms with E-state index >= 15 is 0 Å². The standard InChI is InChI=1S/C6H8N4O3/c1-3-5(10(12)13)6(9-8-3)7-4(2)11/h1-2H3,(H2,7,8,9,11). The predicted molar refractivity (Wildman–Crippen MR) is 44.3 cm³/mol. The van der Waals surface area contributed by atoms with Crippen LogP contribution in [0.1, 0.15) is 12.6 Å². The smallest absolute Gasteiger partial charge is 0.306 e. The minimum Gasteiger partial charge on any atom is -0.306 e. The summed E-state index contributed by atoms with van der Waals surface area (Å²) in [6.07, 6.45) is 0. The Morgan fingerprint density at radius 2 is 2.31 bits per heavy atom. The molecule has 0 aliphatic heterocycles. The van der Waals surface area contributed by atoms with Crippen molar-refractivity contribution in [2.24, 2.45) is 0 Å². The first-order valence-corrected chi connectivity index (χ1v) is 3.49. The van der Waals surface area contributed by atoms with Crippen LogP contribution >= 0.6 is 0 Å². The second-order valence-corrected chi connectivity index (χ2v) is 2.47. The van der Waals surface area contributed by atoms with Crippen molar-refractivity contribution in [1.82, 2.24) is 10.2 Å². The Balaban J connectivity index is 3.07. The van der Waals surface area contributed by atoms with Gasteiger partial charge in [-0.05, 0) is 6.92 Å². The Kier molecular flexibility index (Phi) is 2.27. The molecular formula is C6H8N4O3. The minimum atomic E-state index is -0.593. The molecule has 70 valence electrons. The van der Waals surface area contributed by atoms with Crippen molar-refractivity contribution in [3.05, 3.63) is 15.8 Å². The number of H-pyrrole nitrogens is 1. The van der Waals surface area contributed by atoms with Gasteiger partial charge in [0.05, 0.1) is 4.92 Å². The maximum absolute atomic E-state index is 10.6. The Morgan fingerprint density at radius 3 is 2.77 bits per heavy atom. The number of nitro groups is 1. The highest BCUT2D eigenvalue weighted by Crippen LogP contribution is 2.24. The number of hydrogen-bond donors (Lipinski definition) is 2. The molecule has 7 heteroatoms. The van der Waals surface area contributed by atoms with Crippen molar-refractivity contribution in [3.8, 4) is 0 Å². The van der Waals surface area contributed by atoms with Crippen LogP contribution in [0, 0.1) is 17.0 Å². The third-order valence-electron chi connectivity index (χ3n) is 1.40. The molecule has 0 unspecified atom stereocenters. The van der Waals surface area contributed by atoms with Gasteiger partial charge in [-0.2, -0.15) is 5.10 Å². The van der Waals surface area contributed by atoms with Crippen molar-refractivity contribution < 1.29 is 9.72 Å². The van der Waals surface area contributed by atoms with E-state index < -0.39 is 4.92 Å². The molecule has 1 amide bonds. The zero-order chi connectivity index (χ0) is 10.0. The lowest BCUT2D eigenvalue weighted by atomic mass is 10.4. The van der Waals surface area contributed by atoms with Gasteiger partial charge in [0.1, 0.15) is 5.69 Å². The fourth-order valence-corrected chi connectivity index (χ4v) is 0.913. The third-order valence-corrected chi connectivity index (χ3v) is 1.40. The molecule has 0 radical (unpaired) electrons. The molecule has 0 aliphatic rings. The molecule has 0 aliphatic carbocycles. The van der Waals surface area contributed by atoms with Crippen LogP contribution in [0.2, 0.25) is 0 Å². The minimum absolute atomic E-state index is 0.0231. The Morgan fingerprint density at radius 1 is 1.69 bits per heavy atom. The van der Waals surface area contributed by atoms with E-state index in [0.717, 1.165) is 0 Å². The summed E-state index contributed by atoms with van der Waals surface area (Å²) in [5, 5.41) is 18.7. The zero-order valence-corrected chi connectivity index (χ0v) is 7.12. The number of aryl methyl sites for hydroxylation is 1. The molecule has 0 aromatic carbocycles. The van der Waals surface area contributed by atoms with Crippen LogP contribution in [-0.4, -0.2) is 21.0 Å². The van der Waals surface area contributed by atoms with Crippen LogP contribution in [0.4, 0.5) is 11.5 Å². The topological polar surface area (TPSA) is 101 Å². The summed E-state index contributed by atoms with van der Waals surface area (Å²) < 4.78 is 0. The molecule has 0 atom stereocenters. The van der Waals surface area contributed by atoms with Crippen molar-refractivity contribution >= 4 is 17.4 Å². The summed E-state index contributed by atoms with van der Waals surface area (Å²) in [6.45, 7) is 2.75. The van der Waals surface area contributed by atoms with E-state index in [-0.39, 0.29) is 23.1 Å². The van der Waals surface area contributed by atoms with E-state index in [9.17, 15) is 14.9 Å². The number of rotatable bonds is 2. The molecule has 1 rings (SSSR count). The van der Waals surface area contributed by atoms with Crippen LogP contribution in [0.25, 0.3) is 0 Å². The van der Waals surface area contributed by atoms with Crippen LogP contribution in [-0.2, 0) is 4.79 Å². The summed E-state index contributed by atoms with van der Waals surface area (Å²) >= 11 is 0. The van der Waals surface area contributed by atoms with Crippen molar-refractivity contribution in [2.75, 3.05) is 5.32 Å². The predicted octanol–water partition coefficient (Wildman–Crippen LogP) is 0.585. The molecule has 13 heavy (non-hydrogen) atoms. The first-order chi connectivity index (χ1) is 6.02. The fourth-order valence-electron chi connectivity index (χ4n) is 0.913. The number of carbonyl (C=O) groups excluding carboxylic acids is 1. The van der Waals surface area contributed by atoms with Gasteiger partial charge in [-0.25, -0.2) is 0 Å². The van der Waals surface area contributed by atoms with Crippen molar-refractivity contribution in [2.45, 2.75) is 13.8 Å². The number of amides is 1. The van der Waals surface area contributed by atoms with Crippen LogP contribution in [0.15, 0.2) is 0 Å². The highest BCUT2D eigenvalue weighted by Gasteiger charge is 2.21. The average Bonchev–Trinajstić information content (AvgIpc) is 2.30. The summed E-state index contributed by atoms with van der Waals surface area (Å²) in [5.41, 5.74) is 0.0453. The Hall–Kier alpha value is -1.92. The lowest BCUT2D eigenvalue weighted by Gasteiger charge is -1.95. The number of aromatic nitrogens is 2. The van der Waals surface area contributed by atoms with Gasteiger partial charge in [0.15, 0.2) is 0 Å². The fraction of sp³-hybridized carbons (Fsp3) is 0.333. The lowest BCUT2D eigenvalue weighted by molar-refractivity contribution is -0.384. The molecule has 0 fully saturated rings. The first-order valence-electron chi connectivity index (χ1n) is 3.49. The second-order valence-electron chi connectivity index (χ2n) is 2.47. The number of hydrogen-bond acceptors (Lipinski definition) is 4. The van der Waals surface area contributed by atoms with E-state index in [4.69, 9.17) is 0 Å². The summed E-state index contributed by atoms with van der Waals surface area (Å²) in [5.74, 6) is -0.359. The van der Waals surface area contributed by atoms with Gasteiger partial charge in [0.2, 0.25) is 11.7 Å². The zero-order valence-electron chi connectivity index (χ0n) is 7.12. The lowest BCUT2D eigenvalue weighted by Crippen LogP contribution is -2.07. The summed E-state index contributed by atoms with van der Waals surface area (Å²) in [4.78, 5) is 20.5. The molecule has 1 heterocycles.